The number of nitrogens with zero attached hydrogens (tertiary/aromatic N) is 3. The highest BCUT2D eigenvalue weighted by Crippen LogP contribution is 2.38. The van der Waals surface area contributed by atoms with Crippen molar-refractivity contribution in [3.05, 3.63) is 50.0 Å². The Bertz CT molecular complexity index is 954. The van der Waals surface area contributed by atoms with Crippen LogP contribution >= 0.6 is 23.2 Å². The standard InChI is InChI=1S/C23H31Cl2N3O/c1-15(2)14-23(5)10-7-12-27(13-11-23)21-16(3)22(29)28(17(4)26-21)19-9-6-8-18(24)20(19)25/h6,8-9,15H,7,10-14H2,1-5H3. The van der Waals surface area contributed by atoms with E-state index in [1.807, 2.05) is 13.8 Å². The average Bonchev–Trinajstić information content (AvgIpc) is 2.82. The fourth-order valence-electron chi connectivity index (χ4n) is 4.69. The first-order valence-corrected chi connectivity index (χ1v) is 11.2. The summed E-state index contributed by atoms with van der Waals surface area (Å²) in [6.07, 6.45) is 4.69. The monoisotopic (exact) mass is 435 g/mol. The number of aromatic nitrogens is 2. The van der Waals surface area contributed by atoms with Gasteiger partial charge < -0.3 is 4.90 Å². The topological polar surface area (TPSA) is 38.1 Å². The third-order valence-corrected chi connectivity index (χ3v) is 6.83. The predicted molar refractivity (Wildman–Crippen MR) is 123 cm³/mol. The Morgan fingerprint density at radius 1 is 1.17 bits per heavy atom. The number of anilines is 1. The van der Waals surface area contributed by atoms with Crippen LogP contribution < -0.4 is 10.5 Å². The zero-order valence-corrected chi connectivity index (χ0v) is 19.6. The first kappa shape index (κ1) is 22.2. The van der Waals surface area contributed by atoms with E-state index < -0.39 is 0 Å². The molecule has 1 unspecified atom stereocenters. The molecule has 1 aliphatic rings. The molecule has 1 atom stereocenters. The van der Waals surface area contributed by atoms with Crippen LogP contribution in [0.2, 0.25) is 10.0 Å². The fourth-order valence-corrected chi connectivity index (χ4v) is 5.07. The number of hydrogen-bond acceptors (Lipinski definition) is 3. The molecule has 0 saturated carbocycles. The molecule has 29 heavy (non-hydrogen) atoms. The Hall–Kier alpha value is -1.52. The van der Waals surface area contributed by atoms with Crippen LogP contribution in [0.1, 0.15) is 57.8 Å². The fraction of sp³-hybridized carbons (Fsp3) is 0.565. The maximum Gasteiger partial charge on any atom is 0.263 e. The summed E-state index contributed by atoms with van der Waals surface area (Å²) in [6, 6.07) is 5.31. The molecule has 2 aromatic rings. The Morgan fingerprint density at radius 3 is 2.59 bits per heavy atom. The molecular formula is C23H31Cl2N3O. The number of halogens is 2. The summed E-state index contributed by atoms with van der Waals surface area (Å²) >= 11 is 12.5. The molecule has 1 aromatic carbocycles. The second kappa shape index (κ2) is 8.69. The summed E-state index contributed by atoms with van der Waals surface area (Å²) in [5, 5.41) is 0.793. The van der Waals surface area contributed by atoms with E-state index in [1.54, 1.807) is 22.8 Å². The van der Waals surface area contributed by atoms with Crippen LogP contribution in [0, 0.1) is 25.2 Å². The molecule has 1 fully saturated rings. The summed E-state index contributed by atoms with van der Waals surface area (Å²) in [5.74, 6) is 2.12. The summed E-state index contributed by atoms with van der Waals surface area (Å²) in [6.45, 7) is 12.6. The zero-order chi connectivity index (χ0) is 21.3. The van der Waals surface area contributed by atoms with Crippen LogP contribution in [0.4, 0.5) is 5.82 Å². The molecule has 0 bridgehead atoms. The van der Waals surface area contributed by atoms with Gasteiger partial charge in [0.25, 0.3) is 5.56 Å². The first-order chi connectivity index (χ1) is 13.6. The molecule has 1 saturated heterocycles. The minimum absolute atomic E-state index is 0.0918. The smallest absolute Gasteiger partial charge is 0.263 e. The van der Waals surface area contributed by atoms with Gasteiger partial charge in [0.05, 0.1) is 21.3 Å². The lowest BCUT2D eigenvalue weighted by Gasteiger charge is -2.30. The molecule has 3 rings (SSSR count). The van der Waals surface area contributed by atoms with Crippen molar-refractivity contribution in [1.82, 2.24) is 9.55 Å². The van der Waals surface area contributed by atoms with Gasteiger partial charge in [0.15, 0.2) is 0 Å². The van der Waals surface area contributed by atoms with Crippen molar-refractivity contribution in [2.45, 2.75) is 60.3 Å². The van der Waals surface area contributed by atoms with Crippen LogP contribution in [-0.4, -0.2) is 22.6 Å². The van der Waals surface area contributed by atoms with Crippen molar-refractivity contribution in [3.8, 4) is 5.69 Å². The lowest BCUT2D eigenvalue weighted by Crippen LogP contribution is -2.33. The largest absolute Gasteiger partial charge is 0.356 e. The molecule has 0 N–H and O–H groups in total. The molecule has 4 nitrogen and oxygen atoms in total. The van der Waals surface area contributed by atoms with E-state index in [0.29, 0.717) is 38.5 Å². The number of benzene rings is 1. The molecule has 0 radical (unpaired) electrons. The van der Waals surface area contributed by atoms with Crippen molar-refractivity contribution >= 4 is 29.0 Å². The predicted octanol–water partition coefficient (Wildman–Crippen LogP) is 6.20. The summed E-state index contributed by atoms with van der Waals surface area (Å²) in [5.41, 5.74) is 1.49. The lowest BCUT2D eigenvalue weighted by atomic mass is 9.76. The van der Waals surface area contributed by atoms with Crippen LogP contribution in [-0.2, 0) is 0 Å². The van der Waals surface area contributed by atoms with E-state index in [4.69, 9.17) is 28.2 Å². The molecule has 6 heteroatoms. The van der Waals surface area contributed by atoms with Gasteiger partial charge in [-0.2, -0.15) is 0 Å². The van der Waals surface area contributed by atoms with Gasteiger partial charge in [0.2, 0.25) is 0 Å². The second-order valence-corrected chi connectivity index (χ2v) is 9.86. The van der Waals surface area contributed by atoms with Gasteiger partial charge in [-0.15, -0.1) is 0 Å². The number of rotatable bonds is 4. The minimum atomic E-state index is -0.0918. The van der Waals surface area contributed by atoms with Crippen molar-refractivity contribution in [2.24, 2.45) is 11.3 Å². The van der Waals surface area contributed by atoms with Gasteiger partial charge in [-0.05, 0) is 63.0 Å². The highest BCUT2D eigenvalue weighted by Gasteiger charge is 2.30. The SMILES string of the molecule is Cc1c(N2CCCC(C)(CC(C)C)CC2)nc(C)n(-c2cccc(Cl)c2Cl)c1=O. The Kier molecular flexibility index (Phi) is 6.64. The molecule has 0 aliphatic carbocycles. The van der Waals surface area contributed by atoms with Gasteiger partial charge in [0, 0.05) is 13.1 Å². The average molecular weight is 436 g/mol. The van der Waals surface area contributed by atoms with E-state index in [-0.39, 0.29) is 5.56 Å². The Labute approximate surface area is 183 Å². The van der Waals surface area contributed by atoms with Gasteiger partial charge in [0.1, 0.15) is 11.6 Å². The van der Waals surface area contributed by atoms with Crippen molar-refractivity contribution < 1.29 is 0 Å². The van der Waals surface area contributed by atoms with Crippen molar-refractivity contribution in [2.75, 3.05) is 18.0 Å². The Balaban J connectivity index is 1.97. The van der Waals surface area contributed by atoms with Gasteiger partial charge in [-0.25, -0.2) is 4.98 Å². The van der Waals surface area contributed by atoms with Gasteiger partial charge in [-0.3, -0.25) is 9.36 Å². The van der Waals surface area contributed by atoms with Crippen molar-refractivity contribution in [3.63, 3.8) is 0 Å². The maximum atomic E-state index is 13.3. The van der Waals surface area contributed by atoms with Crippen LogP contribution in [0.3, 0.4) is 0 Å². The molecule has 1 aromatic heterocycles. The summed E-state index contributed by atoms with van der Waals surface area (Å²) < 4.78 is 1.56. The van der Waals surface area contributed by atoms with Crippen LogP contribution in [0.25, 0.3) is 5.69 Å². The molecule has 0 spiro atoms. The Morgan fingerprint density at radius 2 is 1.90 bits per heavy atom. The lowest BCUT2D eigenvalue weighted by molar-refractivity contribution is 0.228. The van der Waals surface area contributed by atoms with Crippen LogP contribution in [0.5, 0.6) is 0 Å². The normalized spacial score (nSPS) is 20.2. The van der Waals surface area contributed by atoms with E-state index in [1.165, 1.54) is 12.8 Å². The maximum absolute atomic E-state index is 13.3. The van der Waals surface area contributed by atoms with Crippen LogP contribution in [0.15, 0.2) is 23.0 Å². The van der Waals surface area contributed by atoms with E-state index in [2.05, 4.69) is 25.7 Å². The molecule has 0 amide bonds. The minimum Gasteiger partial charge on any atom is -0.356 e. The quantitative estimate of drug-likeness (QED) is 0.573. The van der Waals surface area contributed by atoms with Gasteiger partial charge >= 0.3 is 0 Å². The van der Waals surface area contributed by atoms with E-state index in [9.17, 15) is 4.79 Å². The molecule has 1 aliphatic heterocycles. The first-order valence-electron chi connectivity index (χ1n) is 10.4. The highest BCUT2D eigenvalue weighted by atomic mass is 35.5. The zero-order valence-electron chi connectivity index (χ0n) is 18.1. The molecule has 2 heterocycles. The number of hydrogen-bond donors (Lipinski definition) is 0. The molecular weight excluding hydrogens is 405 g/mol. The molecule has 158 valence electrons. The van der Waals surface area contributed by atoms with E-state index >= 15 is 0 Å². The number of aryl methyl sites for hydroxylation is 1. The highest BCUT2D eigenvalue weighted by molar-refractivity contribution is 6.43. The third kappa shape index (κ3) is 4.64. The van der Waals surface area contributed by atoms with Gasteiger partial charge in [-0.1, -0.05) is 50.0 Å². The summed E-state index contributed by atoms with van der Waals surface area (Å²) in [7, 11) is 0. The van der Waals surface area contributed by atoms with E-state index in [0.717, 1.165) is 31.7 Å². The summed E-state index contributed by atoms with van der Waals surface area (Å²) in [4.78, 5) is 20.4. The third-order valence-electron chi connectivity index (χ3n) is 6.02. The van der Waals surface area contributed by atoms with Crippen molar-refractivity contribution in [1.29, 1.82) is 0 Å². The second-order valence-electron chi connectivity index (χ2n) is 9.07.